The van der Waals surface area contributed by atoms with Gasteiger partial charge in [0, 0.05) is 34.4 Å². The second-order valence-electron chi connectivity index (χ2n) is 6.46. The molecule has 0 unspecified atom stereocenters. The Labute approximate surface area is 160 Å². The largest absolute Gasteiger partial charge is 0.326 e. The van der Waals surface area contributed by atoms with Crippen LogP contribution in [0.4, 0.5) is 11.4 Å². The highest BCUT2D eigenvalue weighted by atomic mass is 79.9. The van der Waals surface area contributed by atoms with Gasteiger partial charge >= 0.3 is 0 Å². The summed E-state index contributed by atoms with van der Waals surface area (Å²) in [5.74, 6) is -0.759. The third-order valence-electron chi connectivity index (χ3n) is 4.48. The highest BCUT2D eigenvalue weighted by Gasteiger charge is 2.35. The van der Waals surface area contributed by atoms with E-state index in [-0.39, 0.29) is 24.0 Å². The first-order valence-electron chi connectivity index (χ1n) is 8.33. The summed E-state index contributed by atoms with van der Waals surface area (Å²) in [4.78, 5) is 38.1. The van der Waals surface area contributed by atoms with Crippen LogP contribution in [0.1, 0.15) is 29.3 Å². The van der Waals surface area contributed by atoms with Crippen molar-refractivity contribution in [1.82, 2.24) is 0 Å². The second kappa shape index (κ2) is 7.41. The number of hydrogen-bond acceptors (Lipinski definition) is 3. The third-order valence-corrected chi connectivity index (χ3v) is 4.98. The van der Waals surface area contributed by atoms with Gasteiger partial charge in [-0.3, -0.25) is 14.4 Å². The van der Waals surface area contributed by atoms with E-state index < -0.39 is 5.92 Å². The lowest BCUT2D eigenvalue weighted by molar-refractivity contribution is -0.122. The smallest absolute Gasteiger partial charge is 0.229 e. The lowest BCUT2D eigenvalue weighted by atomic mass is 10.1. The number of amides is 2. The molecular formula is C20H19BrN2O3. The zero-order valence-electron chi connectivity index (χ0n) is 14.6. The van der Waals surface area contributed by atoms with Crippen LogP contribution in [0.5, 0.6) is 0 Å². The molecule has 6 heteroatoms. The van der Waals surface area contributed by atoms with Gasteiger partial charge in [-0.2, -0.15) is 0 Å². The maximum Gasteiger partial charge on any atom is 0.229 e. The first kappa shape index (κ1) is 18.3. The monoisotopic (exact) mass is 414 g/mol. The van der Waals surface area contributed by atoms with E-state index >= 15 is 0 Å². The molecule has 0 spiro atoms. The maximum atomic E-state index is 12.6. The van der Waals surface area contributed by atoms with Gasteiger partial charge in [0.2, 0.25) is 11.8 Å². The Kier molecular flexibility index (Phi) is 5.23. The van der Waals surface area contributed by atoms with Gasteiger partial charge in [-0.05, 0) is 49.7 Å². The number of rotatable bonds is 4. The summed E-state index contributed by atoms with van der Waals surface area (Å²) in [6, 6.07) is 12.5. The van der Waals surface area contributed by atoms with Crippen LogP contribution in [0.3, 0.4) is 0 Å². The van der Waals surface area contributed by atoms with E-state index in [9.17, 15) is 14.4 Å². The van der Waals surface area contributed by atoms with Crippen LogP contribution in [0.2, 0.25) is 0 Å². The molecule has 1 aliphatic rings. The minimum Gasteiger partial charge on any atom is -0.326 e. The van der Waals surface area contributed by atoms with Gasteiger partial charge in [0.25, 0.3) is 0 Å². The van der Waals surface area contributed by atoms with Crippen molar-refractivity contribution in [3.63, 3.8) is 0 Å². The standard InChI is InChI=1S/C20H19BrN2O3/c1-12-8-16(21)6-7-18(12)23-11-15(10-19(23)25)20(26)22-17-5-3-4-14(9-17)13(2)24/h3-9,15H,10-11H2,1-2H3,(H,22,26)/t15-/m1/s1. The van der Waals surface area contributed by atoms with Gasteiger partial charge in [0.1, 0.15) is 0 Å². The molecule has 3 rings (SSSR count). The van der Waals surface area contributed by atoms with Crippen molar-refractivity contribution >= 4 is 44.9 Å². The summed E-state index contributed by atoms with van der Waals surface area (Å²) >= 11 is 3.42. The first-order chi connectivity index (χ1) is 12.3. The molecule has 0 bridgehead atoms. The van der Waals surface area contributed by atoms with Crippen LogP contribution in [-0.4, -0.2) is 24.1 Å². The number of nitrogens with one attached hydrogen (secondary N) is 1. The molecule has 0 saturated carbocycles. The summed E-state index contributed by atoms with van der Waals surface area (Å²) in [6.07, 6.45) is 0.174. The van der Waals surface area contributed by atoms with Crippen LogP contribution in [-0.2, 0) is 9.59 Å². The number of Topliss-reactive ketones (excluding diaryl/α,β-unsaturated/α-hetero) is 1. The molecule has 5 nitrogen and oxygen atoms in total. The molecule has 1 fully saturated rings. The SMILES string of the molecule is CC(=O)c1cccc(NC(=O)[C@@H]2CC(=O)N(c3ccc(Br)cc3C)C2)c1. The zero-order chi connectivity index (χ0) is 18.8. The van der Waals surface area contributed by atoms with Gasteiger partial charge in [-0.1, -0.05) is 28.1 Å². The Bertz CT molecular complexity index is 894. The van der Waals surface area contributed by atoms with Crippen molar-refractivity contribution in [1.29, 1.82) is 0 Å². The van der Waals surface area contributed by atoms with Crippen LogP contribution in [0.15, 0.2) is 46.9 Å². The molecule has 1 saturated heterocycles. The fourth-order valence-electron chi connectivity index (χ4n) is 3.10. The van der Waals surface area contributed by atoms with Crippen molar-refractivity contribution in [2.24, 2.45) is 5.92 Å². The number of aryl methyl sites for hydroxylation is 1. The first-order valence-corrected chi connectivity index (χ1v) is 9.13. The van der Waals surface area contributed by atoms with Gasteiger partial charge < -0.3 is 10.2 Å². The number of nitrogens with zero attached hydrogens (tertiary/aromatic N) is 1. The van der Waals surface area contributed by atoms with E-state index in [0.29, 0.717) is 17.8 Å². The summed E-state index contributed by atoms with van der Waals surface area (Å²) < 4.78 is 0.949. The normalized spacial score (nSPS) is 16.7. The lowest BCUT2D eigenvalue weighted by Gasteiger charge is -2.19. The fraction of sp³-hybridized carbons (Fsp3) is 0.250. The number of anilines is 2. The summed E-state index contributed by atoms with van der Waals surface area (Å²) in [7, 11) is 0. The molecule has 134 valence electrons. The number of benzene rings is 2. The zero-order valence-corrected chi connectivity index (χ0v) is 16.2. The minimum absolute atomic E-state index is 0.0611. The molecule has 2 aromatic carbocycles. The molecular weight excluding hydrogens is 396 g/mol. The number of carbonyl (C=O) groups is 3. The predicted octanol–water partition coefficient (Wildman–Crippen LogP) is 3.95. The molecule has 2 aromatic rings. The fourth-order valence-corrected chi connectivity index (χ4v) is 3.57. The summed E-state index contributed by atoms with van der Waals surface area (Å²) in [6.45, 7) is 3.77. The van der Waals surface area contributed by atoms with E-state index in [1.807, 2.05) is 25.1 Å². The highest BCUT2D eigenvalue weighted by Crippen LogP contribution is 2.30. The quantitative estimate of drug-likeness (QED) is 0.770. The van der Waals surface area contributed by atoms with Gasteiger partial charge in [-0.15, -0.1) is 0 Å². The van der Waals surface area contributed by atoms with Crippen LogP contribution in [0.25, 0.3) is 0 Å². The Morgan fingerprint density at radius 1 is 1.19 bits per heavy atom. The van der Waals surface area contributed by atoms with Crippen LogP contribution in [0, 0.1) is 12.8 Å². The van der Waals surface area contributed by atoms with Crippen molar-refractivity contribution in [3.8, 4) is 0 Å². The predicted molar refractivity (Wildman–Crippen MR) is 104 cm³/mol. The minimum atomic E-state index is -0.425. The van der Waals surface area contributed by atoms with Crippen molar-refractivity contribution in [3.05, 3.63) is 58.1 Å². The van der Waals surface area contributed by atoms with Crippen molar-refractivity contribution in [2.45, 2.75) is 20.3 Å². The van der Waals surface area contributed by atoms with E-state index in [0.717, 1.165) is 15.7 Å². The molecule has 1 heterocycles. The maximum absolute atomic E-state index is 12.6. The van der Waals surface area contributed by atoms with E-state index in [1.165, 1.54) is 6.92 Å². The van der Waals surface area contributed by atoms with Gasteiger partial charge in [-0.25, -0.2) is 0 Å². The molecule has 2 amide bonds. The summed E-state index contributed by atoms with van der Waals surface area (Å²) in [5, 5.41) is 2.82. The van der Waals surface area contributed by atoms with E-state index in [1.54, 1.807) is 29.2 Å². The van der Waals surface area contributed by atoms with Crippen molar-refractivity contribution < 1.29 is 14.4 Å². The molecule has 1 atom stereocenters. The Morgan fingerprint density at radius 2 is 1.96 bits per heavy atom. The Hall–Kier alpha value is -2.47. The van der Waals surface area contributed by atoms with E-state index in [4.69, 9.17) is 0 Å². The number of hydrogen-bond donors (Lipinski definition) is 1. The van der Waals surface area contributed by atoms with Crippen LogP contribution < -0.4 is 10.2 Å². The molecule has 0 aliphatic carbocycles. The molecule has 1 N–H and O–H groups in total. The van der Waals surface area contributed by atoms with Gasteiger partial charge in [0.05, 0.1) is 5.92 Å². The third kappa shape index (κ3) is 3.85. The second-order valence-corrected chi connectivity index (χ2v) is 7.38. The Morgan fingerprint density at radius 3 is 2.65 bits per heavy atom. The number of ketones is 1. The average Bonchev–Trinajstić information content (AvgIpc) is 2.97. The molecule has 0 aromatic heterocycles. The van der Waals surface area contributed by atoms with E-state index in [2.05, 4.69) is 21.2 Å². The number of halogens is 1. The molecule has 26 heavy (non-hydrogen) atoms. The molecule has 0 radical (unpaired) electrons. The average molecular weight is 415 g/mol. The van der Waals surface area contributed by atoms with Crippen molar-refractivity contribution in [2.75, 3.05) is 16.8 Å². The number of carbonyl (C=O) groups excluding carboxylic acids is 3. The molecule has 1 aliphatic heterocycles. The topological polar surface area (TPSA) is 66.5 Å². The Balaban J connectivity index is 1.73. The summed E-state index contributed by atoms with van der Waals surface area (Å²) in [5.41, 5.74) is 2.90. The van der Waals surface area contributed by atoms with Crippen LogP contribution >= 0.6 is 15.9 Å². The lowest BCUT2D eigenvalue weighted by Crippen LogP contribution is -2.28. The highest BCUT2D eigenvalue weighted by molar-refractivity contribution is 9.10. The van der Waals surface area contributed by atoms with Gasteiger partial charge in [0.15, 0.2) is 5.78 Å².